The molecule has 110 valence electrons. The van der Waals surface area contributed by atoms with Gasteiger partial charge in [-0.3, -0.25) is 0 Å². The predicted octanol–water partition coefficient (Wildman–Crippen LogP) is 1.78. The molecule has 1 aliphatic heterocycles. The van der Waals surface area contributed by atoms with Crippen molar-refractivity contribution in [1.82, 2.24) is 5.32 Å². The van der Waals surface area contributed by atoms with E-state index in [1.807, 2.05) is 43.3 Å². The van der Waals surface area contributed by atoms with Crippen LogP contribution in [0.3, 0.4) is 0 Å². The standard InChI is InChI=1S/C13H19N3O2S2/c1-16(2)12-5-3-4-10(8-12)14-13(19)15-11-6-7-20(17,18)9-11/h3-5,8,11H,6-7,9H2,1-2H3,(H2-,14,15,17,18,19)/p+1/t11-/m1/s1. The second-order valence-electron chi connectivity index (χ2n) is 5.17. The normalized spacial score (nSPS) is 25.2. The summed E-state index contributed by atoms with van der Waals surface area (Å²) in [5, 5.41) is 6.70. The third-order valence-corrected chi connectivity index (χ3v) is 5.22. The van der Waals surface area contributed by atoms with Gasteiger partial charge in [0.15, 0.2) is 10.9 Å². The summed E-state index contributed by atoms with van der Waals surface area (Å²) in [4.78, 5) is 2.01. The van der Waals surface area contributed by atoms with Crippen LogP contribution < -0.4 is 15.5 Å². The van der Waals surface area contributed by atoms with Gasteiger partial charge in [0.1, 0.15) is 5.75 Å². The molecule has 1 aromatic carbocycles. The molecule has 1 unspecified atom stereocenters. The van der Waals surface area contributed by atoms with Gasteiger partial charge in [-0.25, -0.2) is 0 Å². The summed E-state index contributed by atoms with van der Waals surface area (Å²) in [6.07, 6.45) is 0.675. The number of hydrogen-bond donors (Lipinski definition) is 3. The summed E-state index contributed by atoms with van der Waals surface area (Å²) in [5.74, 6) is 0.621. The third-order valence-electron chi connectivity index (χ3n) is 3.20. The van der Waals surface area contributed by atoms with Crippen LogP contribution in [-0.4, -0.2) is 41.3 Å². The number of benzene rings is 1. The van der Waals surface area contributed by atoms with E-state index in [1.54, 1.807) is 0 Å². The van der Waals surface area contributed by atoms with E-state index in [4.69, 9.17) is 12.2 Å². The fraction of sp³-hybridized carbons (Fsp3) is 0.462. The molecule has 1 aromatic rings. The molecule has 0 saturated carbocycles. The van der Waals surface area contributed by atoms with E-state index in [9.17, 15) is 8.76 Å². The van der Waals surface area contributed by atoms with Gasteiger partial charge < -0.3 is 15.5 Å². The van der Waals surface area contributed by atoms with E-state index >= 15 is 0 Å². The highest BCUT2D eigenvalue weighted by Gasteiger charge is 2.38. The van der Waals surface area contributed by atoms with Crippen LogP contribution in [0.5, 0.6) is 0 Å². The lowest BCUT2D eigenvalue weighted by Gasteiger charge is -2.16. The summed E-state index contributed by atoms with van der Waals surface area (Å²) >= 11 is 5.25. The Hall–Kier alpha value is -1.18. The average molecular weight is 314 g/mol. The molecular weight excluding hydrogens is 294 g/mol. The Balaban J connectivity index is 1.92. The van der Waals surface area contributed by atoms with Crippen LogP contribution in [-0.2, 0) is 14.4 Å². The van der Waals surface area contributed by atoms with E-state index in [-0.39, 0.29) is 11.8 Å². The first-order valence-electron chi connectivity index (χ1n) is 6.43. The van der Waals surface area contributed by atoms with Crippen molar-refractivity contribution in [1.29, 1.82) is 0 Å². The number of nitrogens with zero attached hydrogens (tertiary/aromatic N) is 1. The van der Waals surface area contributed by atoms with Crippen molar-refractivity contribution in [3.8, 4) is 0 Å². The van der Waals surface area contributed by atoms with E-state index in [0.717, 1.165) is 11.4 Å². The summed E-state index contributed by atoms with van der Waals surface area (Å²) in [6, 6.07) is 7.88. The molecule has 0 aliphatic carbocycles. The van der Waals surface area contributed by atoms with Gasteiger partial charge in [0.25, 0.3) is 0 Å². The molecule has 0 bridgehead atoms. The molecule has 2 rings (SSSR count). The lowest BCUT2D eigenvalue weighted by atomic mass is 10.2. The predicted molar refractivity (Wildman–Crippen MR) is 88.9 cm³/mol. The fourth-order valence-electron chi connectivity index (χ4n) is 2.14. The van der Waals surface area contributed by atoms with Crippen LogP contribution in [0.25, 0.3) is 0 Å². The first-order valence-corrected chi connectivity index (χ1v) is 8.69. The Morgan fingerprint density at radius 2 is 2.25 bits per heavy atom. The minimum atomic E-state index is -2.64. The number of hydrogen-bond acceptors (Lipinski definition) is 3. The number of thiocarbonyl (C=S) groups is 1. The highest BCUT2D eigenvalue weighted by Crippen LogP contribution is 2.19. The molecule has 0 aromatic heterocycles. The number of anilines is 2. The van der Waals surface area contributed by atoms with Crippen LogP contribution in [0.4, 0.5) is 11.4 Å². The molecule has 1 heterocycles. The molecule has 2 atom stereocenters. The summed E-state index contributed by atoms with van der Waals surface area (Å²) in [7, 11) is 1.32. The molecule has 0 radical (unpaired) electrons. The van der Waals surface area contributed by atoms with Crippen LogP contribution in [0.1, 0.15) is 6.42 Å². The Morgan fingerprint density at radius 3 is 2.85 bits per heavy atom. The van der Waals surface area contributed by atoms with E-state index in [2.05, 4.69) is 10.6 Å². The Bertz CT molecular complexity index is 548. The van der Waals surface area contributed by atoms with Crippen LogP contribution in [0, 0.1) is 0 Å². The Morgan fingerprint density at radius 1 is 1.50 bits per heavy atom. The average Bonchev–Trinajstić information content (AvgIpc) is 2.68. The van der Waals surface area contributed by atoms with Gasteiger partial charge >= 0.3 is 0 Å². The van der Waals surface area contributed by atoms with Gasteiger partial charge in [0, 0.05) is 31.9 Å². The van der Waals surface area contributed by atoms with Gasteiger partial charge in [-0.15, -0.1) is 0 Å². The third kappa shape index (κ3) is 4.16. The molecule has 1 fully saturated rings. The molecule has 1 saturated heterocycles. The molecule has 7 heteroatoms. The maximum Gasteiger partial charge on any atom is 0.216 e. The lowest BCUT2D eigenvalue weighted by Crippen LogP contribution is -2.38. The van der Waals surface area contributed by atoms with E-state index in [1.165, 1.54) is 0 Å². The maximum atomic E-state index is 11.5. The first kappa shape index (κ1) is 15.2. The van der Waals surface area contributed by atoms with Gasteiger partial charge in [-0.2, -0.15) is 4.55 Å². The van der Waals surface area contributed by atoms with Gasteiger partial charge in [-0.1, -0.05) is 10.3 Å². The molecular formula is C13H20N3O2S2+. The van der Waals surface area contributed by atoms with Crippen molar-refractivity contribution in [3.05, 3.63) is 24.3 Å². The second-order valence-corrected chi connectivity index (χ2v) is 7.87. The highest BCUT2D eigenvalue weighted by molar-refractivity contribution is 7.98. The van der Waals surface area contributed by atoms with Gasteiger partial charge in [-0.05, 0) is 30.4 Å². The maximum absolute atomic E-state index is 11.5. The van der Waals surface area contributed by atoms with Crippen LogP contribution in [0.2, 0.25) is 0 Å². The number of nitrogens with one attached hydrogen (secondary N) is 2. The minimum Gasteiger partial charge on any atom is -0.378 e. The SMILES string of the molecule is CN(C)c1cccc(NC(=S)N[C@@H]2CC[S+](=O)(O)C2)c1. The minimum absolute atomic E-state index is 0.0236. The Labute approximate surface area is 126 Å². The zero-order chi connectivity index (χ0) is 14.8. The van der Waals surface area contributed by atoms with Crippen LogP contribution in [0.15, 0.2) is 24.3 Å². The lowest BCUT2D eigenvalue weighted by molar-refractivity contribution is 0.502. The van der Waals surface area contributed by atoms with Crippen molar-refractivity contribution in [2.24, 2.45) is 0 Å². The topological polar surface area (TPSA) is 64.6 Å². The first-order chi connectivity index (χ1) is 9.35. The largest absolute Gasteiger partial charge is 0.378 e. The molecule has 5 nitrogen and oxygen atoms in total. The zero-order valence-electron chi connectivity index (χ0n) is 11.6. The van der Waals surface area contributed by atoms with E-state index < -0.39 is 10.2 Å². The molecule has 0 spiro atoms. The van der Waals surface area contributed by atoms with Crippen molar-refractivity contribution in [2.45, 2.75) is 12.5 Å². The van der Waals surface area contributed by atoms with Crippen molar-refractivity contribution in [2.75, 3.05) is 35.8 Å². The van der Waals surface area contributed by atoms with Crippen molar-refractivity contribution in [3.63, 3.8) is 0 Å². The summed E-state index contributed by atoms with van der Waals surface area (Å²) in [5.41, 5.74) is 1.98. The molecule has 20 heavy (non-hydrogen) atoms. The smallest absolute Gasteiger partial charge is 0.216 e. The van der Waals surface area contributed by atoms with Crippen molar-refractivity contribution >= 4 is 38.9 Å². The summed E-state index contributed by atoms with van der Waals surface area (Å²) in [6.45, 7) is 0. The highest BCUT2D eigenvalue weighted by atomic mass is 32.3. The van der Waals surface area contributed by atoms with E-state index in [0.29, 0.717) is 17.3 Å². The van der Waals surface area contributed by atoms with Gasteiger partial charge in [0.05, 0.1) is 6.04 Å². The van der Waals surface area contributed by atoms with Gasteiger partial charge in [0.2, 0.25) is 10.2 Å². The van der Waals surface area contributed by atoms with Crippen LogP contribution >= 0.6 is 12.2 Å². The zero-order valence-corrected chi connectivity index (χ0v) is 13.3. The molecule has 0 amide bonds. The number of rotatable bonds is 3. The quantitative estimate of drug-likeness (QED) is 0.584. The monoisotopic (exact) mass is 314 g/mol. The van der Waals surface area contributed by atoms with Crippen molar-refractivity contribution < 1.29 is 8.76 Å². The Kier molecular flexibility index (Phi) is 4.62. The summed E-state index contributed by atoms with van der Waals surface area (Å²) < 4.78 is 21.0. The molecule has 1 aliphatic rings. The fourth-order valence-corrected chi connectivity index (χ4v) is 4.12. The molecule has 3 N–H and O–H groups in total. The second kappa shape index (κ2) is 6.07.